The number of benzene rings is 3. The van der Waals surface area contributed by atoms with E-state index in [9.17, 15) is 18.8 Å². The highest BCUT2D eigenvalue weighted by Gasteiger charge is 2.58. The van der Waals surface area contributed by atoms with E-state index in [-0.39, 0.29) is 23.5 Å². The topological polar surface area (TPSA) is 156 Å². The lowest BCUT2D eigenvalue weighted by Gasteiger charge is -2.53. The first-order valence-corrected chi connectivity index (χ1v) is 23.0. The van der Waals surface area contributed by atoms with Gasteiger partial charge in [-0.3, -0.25) is 33.0 Å². The number of hydrogen-bond donors (Lipinski definition) is 1. The lowest BCUT2D eigenvalue weighted by molar-refractivity contribution is -0.164. The van der Waals surface area contributed by atoms with Gasteiger partial charge in [0, 0.05) is 60.3 Å². The number of aldehydes is 1. The molecule has 3 aromatic carbocycles. The zero-order chi connectivity index (χ0) is 47.3. The van der Waals surface area contributed by atoms with Crippen molar-refractivity contribution < 1.29 is 22.8 Å². The van der Waals surface area contributed by atoms with Gasteiger partial charge in [-0.1, -0.05) is 32.0 Å². The highest BCUT2D eigenvalue weighted by molar-refractivity contribution is 5.90. The number of nitrogens with one attached hydrogen (secondary N) is 1. The Bertz CT molecular complexity index is 3330. The molecule has 0 amide bonds. The van der Waals surface area contributed by atoms with E-state index >= 15 is 4.39 Å². The number of carbonyl (C=O) groups is 1. The van der Waals surface area contributed by atoms with Crippen LogP contribution in [-0.4, -0.2) is 81.4 Å². The van der Waals surface area contributed by atoms with Crippen molar-refractivity contribution in [1.29, 1.82) is 0 Å². The number of H-pyrrole nitrogens is 1. The molecule has 0 radical (unpaired) electrons. The quantitative estimate of drug-likeness (QED) is 0.157. The maximum atomic E-state index is 15.5. The molecule has 2 aliphatic carbocycles. The molecule has 3 unspecified atom stereocenters. The number of fused-ring (bicyclic) bond motifs is 3. The van der Waals surface area contributed by atoms with Crippen molar-refractivity contribution in [1.82, 2.24) is 48.3 Å². The highest BCUT2D eigenvalue weighted by atomic mass is 19.1. The fourth-order valence-corrected chi connectivity index (χ4v) is 10.8. The van der Waals surface area contributed by atoms with Crippen LogP contribution < -0.4 is 11.4 Å². The molecule has 12 rings (SSSR count). The molecule has 67 heavy (non-hydrogen) atoms. The van der Waals surface area contributed by atoms with E-state index in [0.29, 0.717) is 56.4 Å². The van der Waals surface area contributed by atoms with Crippen LogP contribution in [0.4, 0.5) is 8.78 Å². The Morgan fingerprint density at radius 3 is 2.24 bits per heavy atom. The summed E-state index contributed by atoms with van der Waals surface area (Å²) < 4.78 is 48.2. The molecular weight excluding hydrogens is 859 g/mol. The lowest BCUT2D eigenvalue weighted by Crippen LogP contribution is -2.51. The molecule has 1 saturated heterocycles. The predicted octanol–water partition coefficient (Wildman–Crippen LogP) is 7.98. The third kappa shape index (κ3) is 6.87. The van der Waals surface area contributed by atoms with Crippen LogP contribution in [0.2, 0.25) is 0 Å². The van der Waals surface area contributed by atoms with Crippen molar-refractivity contribution in [3.05, 3.63) is 139 Å². The number of aromatic nitrogens is 9. The van der Waals surface area contributed by atoms with Gasteiger partial charge in [0.15, 0.2) is 17.9 Å². The number of nitrogens with zero attached hydrogens (tertiary/aromatic N) is 9. The molecule has 0 bridgehead atoms. The van der Waals surface area contributed by atoms with Gasteiger partial charge in [0.2, 0.25) is 0 Å². The first-order valence-electron chi connectivity index (χ1n) is 23.0. The van der Waals surface area contributed by atoms with E-state index in [4.69, 9.17) is 14.4 Å². The smallest absolute Gasteiger partial charge is 0.380 e. The number of carbonyl (C=O) groups excluding carboxylic acids is 1. The van der Waals surface area contributed by atoms with E-state index in [0.717, 1.165) is 61.0 Å². The van der Waals surface area contributed by atoms with Gasteiger partial charge in [-0.2, -0.15) is 10.2 Å². The Morgan fingerprint density at radius 2 is 1.60 bits per heavy atom. The Kier molecular flexibility index (Phi) is 10.7. The molecule has 3 fully saturated rings. The summed E-state index contributed by atoms with van der Waals surface area (Å²) in [7, 11) is 3.78. The molecule has 2 saturated carbocycles. The first-order chi connectivity index (χ1) is 32.2. The number of aryl methyl sites for hydroxylation is 3. The minimum Gasteiger partial charge on any atom is -0.380 e. The standard InChI is InChI=1S/C27H27F2N7O.C21H21N3O4.C2H6/c1-15-12-18(13-16(2)24(15)28)36-26(23-17(3)32(4)9-8-20(23)31-36)35-11-10-34(27(35)37)22-7-6-21-19(25(22)29)14-30-33(21)5;1-12-6-21(12,18-22-19(26)28-23-18)24-16(9-25)5-14-4-13(2-3-17(14)24)15-7-20(8-15)10-27-11-20;1-2/h6-7,10-14,17H,8-9H2,1-5H3;2-5,9,12,15H,6-8,10-11H2,1H3,(H,22,23,26);1-2H3. The number of halogens is 2. The van der Waals surface area contributed by atoms with E-state index < -0.39 is 22.8 Å². The average molecular weight is 913 g/mol. The Balaban J connectivity index is 0.000000156. The maximum absolute atomic E-state index is 15.5. The summed E-state index contributed by atoms with van der Waals surface area (Å²) in [4.78, 5) is 42.1. The van der Waals surface area contributed by atoms with E-state index in [1.807, 2.05) is 31.5 Å². The van der Waals surface area contributed by atoms with Crippen LogP contribution in [0.15, 0.2) is 81.2 Å². The second-order valence-electron chi connectivity index (χ2n) is 18.7. The third-order valence-electron chi connectivity index (χ3n) is 14.7. The van der Waals surface area contributed by atoms with Crippen molar-refractivity contribution >= 4 is 28.1 Å². The Morgan fingerprint density at radius 1 is 0.896 bits per heavy atom. The van der Waals surface area contributed by atoms with Crippen LogP contribution in [-0.2, 0) is 23.7 Å². The van der Waals surface area contributed by atoms with Gasteiger partial charge in [0.05, 0.1) is 53.1 Å². The summed E-state index contributed by atoms with van der Waals surface area (Å²) in [5, 5.41) is 14.4. The fourth-order valence-electron chi connectivity index (χ4n) is 10.8. The molecule has 8 aromatic rings. The molecule has 1 N–H and O–H groups in total. The number of rotatable bonds is 7. The van der Waals surface area contributed by atoms with Gasteiger partial charge in [0.25, 0.3) is 0 Å². The van der Waals surface area contributed by atoms with Crippen molar-refractivity contribution in [2.24, 2.45) is 18.4 Å². The van der Waals surface area contributed by atoms with Gasteiger partial charge in [0.1, 0.15) is 17.2 Å². The molecule has 1 spiro atoms. The maximum Gasteiger partial charge on any atom is 0.438 e. The summed E-state index contributed by atoms with van der Waals surface area (Å²) >= 11 is 0. The van der Waals surface area contributed by atoms with Crippen molar-refractivity contribution in [2.45, 2.75) is 84.7 Å². The molecule has 3 atom stereocenters. The summed E-state index contributed by atoms with van der Waals surface area (Å²) in [5.74, 6) is 0.522. The molecule has 17 heteroatoms. The van der Waals surface area contributed by atoms with Crippen LogP contribution in [0.3, 0.4) is 0 Å². The van der Waals surface area contributed by atoms with E-state index in [1.165, 1.54) is 33.7 Å². The monoisotopic (exact) mass is 912 g/mol. The minimum atomic E-state index is -0.571. The number of hydrogen-bond acceptors (Lipinski definition) is 9. The Labute approximate surface area is 384 Å². The van der Waals surface area contributed by atoms with Crippen LogP contribution in [0.25, 0.3) is 39.0 Å². The number of aromatic amines is 1. The van der Waals surface area contributed by atoms with E-state index in [2.05, 4.69) is 52.2 Å². The van der Waals surface area contributed by atoms with Crippen LogP contribution >= 0.6 is 0 Å². The molecule has 15 nitrogen and oxygen atoms in total. The number of imidazole rings is 1. The lowest BCUT2D eigenvalue weighted by atomic mass is 9.59. The second-order valence-corrected chi connectivity index (χ2v) is 18.7. The summed E-state index contributed by atoms with van der Waals surface area (Å²) in [6.45, 7) is 14.2. The molecule has 5 aromatic heterocycles. The van der Waals surface area contributed by atoms with Crippen molar-refractivity contribution in [3.63, 3.8) is 0 Å². The normalized spacial score (nSPS) is 20.7. The van der Waals surface area contributed by atoms with Gasteiger partial charge < -0.3 is 9.30 Å². The third-order valence-corrected chi connectivity index (χ3v) is 14.7. The number of ether oxygens (including phenoxy) is 1. The molecular formula is C50H54F2N10O5. The zero-order valence-electron chi connectivity index (χ0n) is 38.9. The Hall–Kier alpha value is -6.72. The van der Waals surface area contributed by atoms with Gasteiger partial charge in [-0.15, -0.1) is 0 Å². The van der Waals surface area contributed by atoms with Crippen molar-refractivity contribution in [3.8, 4) is 17.2 Å². The van der Waals surface area contributed by atoms with Gasteiger partial charge in [-0.25, -0.2) is 23.1 Å². The minimum absolute atomic E-state index is 0.00567. The van der Waals surface area contributed by atoms with E-state index in [1.54, 1.807) is 66.9 Å². The summed E-state index contributed by atoms with van der Waals surface area (Å²) in [6, 6.07) is 15.2. The average Bonchev–Trinajstić information content (AvgIpc) is 3.92. The van der Waals surface area contributed by atoms with Crippen LogP contribution in [0.1, 0.15) is 103 Å². The van der Waals surface area contributed by atoms with Gasteiger partial charge >= 0.3 is 11.4 Å². The predicted molar refractivity (Wildman–Crippen MR) is 249 cm³/mol. The SMILES string of the molecule is CC.CC1CC1(c1noc(=O)[nH]1)n1c(C=O)cc2cc(C3CC4(COC4)C3)ccc21.Cc1cc(-n2nc3c(c2-n2ccn(-c4ccc5c(cnn5C)c4F)c2=O)C(C)N(C)CC3)cc(C)c1F. The highest BCUT2D eigenvalue weighted by Crippen LogP contribution is 2.57. The summed E-state index contributed by atoms with van der Waals surface area (Å²) in [6.07, 6.45) is 9.41. The zero-order valence-corrected chi connectivity index (χ0v) is 38.9. The van der Waals surface area contributed by atoms with Crippen LogP contribution in [0.5, 0.6) is 0 Å². The fraction of sp³-hybridized carbons (Fsp3) is 0.400. The first kappa shape index (κ1) is 44.1. The van der Waals surface area contributed by atoms with Crippen LogP contribution in [0, 0.1) is 36.8 Å². The molecule has 348 valence electrons. The summed E-state index contributed by atoms with van der Waals surface area (Å²) in [5.41, 5.74) is 6.63. The van der Waals surface area contributed by atoms with Crippen molar-refractivity contribution in [2.75, 3.05) is 26.8 Å². The largest absolute Gasteiger partial charge is 0.438 e. The second kappa shape index (κ2) is 16.3. The molecule has 4 aliphatic rings. The molecule has 7 heterocycles. The number of likely N-dealkylation sites (N-methyl/N-ethyl adjacent to an activating group) is 1. The molecule has 2 aliphatic heterocycles. The van der Waals surface area contributed by atoms with Gasteiger partial charge in [-0.05, 0) is 118 Å².